The quantitative estimate of drug-likeness (QED) is 0.692. The molecule has 0 saturated carbocycles. The van der Waals surface area contributed by atoms with Gasteiger partial charge in [0.05, 0.1) is 11.2 Å². The molecular formula is C12H7F2N3O. The van der Waals surface area contributed by atoms with E-state index in [0.29, 0.717) is 11.2 Å². The van der Waals surface area contributed by atoms with E-state index in [9.17, 15) is 13.6 Å². The van der Waals surface area contributed by atoms with Crippen LogP contribution in [0.3, 0.4) is 0 Å². The first kappa shape index (κ1) is 10.6. The first-order chi connectivity index (χ1) is 8.65. The molecule has 18 heavy (non-hydrogen) atoms. The van der Waals surface area contributed by atoms with Crippen LogP contribution in [0.15, 0.2) is 35.1 Å². The van der Waals surface area contributed by atoms with Gasteiger partial charge < -0.3 is 9.97 Å². The number of imidazole rings is 1. The molecule has 0 spiro atoms. The van der Waals surface area contributed by atoms with Gasteiger partial charge in [-0.15, -0.1) is 0 Å². The highest BCUT2D eigenvalue weighted by Gasteiger charge is 2.12. The van der Waals surface area contributed by atoms with E-state index in [2.05, 4.69) is 15.0 Å². The zero-order chi connectivity index (χ0) is 12.7. The molecule has 0 saturated heterocycles. The Kier molecular flexibility index (Phi) is 2.22. The summed E-state index contributed by atoms with van der Waals surface area (Å²) in [6.07, 6.45) is 0. The van der Waals surface area contributed by atoms with Gasteiger partial charge in [0, 0.05) is 6.07 Å². The van der Waals surface area contributed by atoms with Crippen LogP contribution in [0.2, 0.25) is 0 Å². The summed E-state index contributed by atoms with van der Waals surface area (Å²) in [4.78, 5) is 20.5. The molecule has 3 aromatic rings. The van der Waals surface area contributed by atoms with Crippen LogP contribution < -0.4 is 5.56 Å². The minimum atomic E-state index is -1.01. The monoisotopic (exact) mass is 247 g/mol. The number of hydrogen-bond donors (Lipinski definition) is 2. The van der Waals surface area contributed by atoms with Gasteiger partial charge in [-0.3, -0.25) is 4.79 Å². The van der Waals surface area contributed by atoms with Crippen LogP contribution in [-0.2, 0) is 0 Å². The average molecular weight is 247 g/mol. The Hall–Kier alpha value is -2.50. The summed E-state index contributed by atoms with van der Waals surface area (Å²) in [6.45, 7) is 0. The van der Waals surface area contributed by atoms with E-state index in [1.807, 2.05) is 0 Å². The zero-order valence-electron chi connectivity index (χ0n) is 9.00. The molecule has 0 radical (unpaired) electrons. The highest BCUT2D eigenvalue weighted by atomic mass is 19.2. The smallest absolute Gasteiger partial charge is 0.248 e. The number of benzene rings is 1. The van der Waals surface area contributed by atoms with Crippen LogP contribution in [0.25, 0.3) is 22.6 Å². The van der Waals surface area contributed by atoms with Gasteiger partial charge in [-0.25, -0.2) is 13.8 Å². The molecule has 3 rings (SSSR count). The summed E-state index contributed by atoms with van der Waals surface area (Å²) in [6, 6.07) is 6.94. The summed E-state index contributed by atoms with van der Waals surface area (Å²) < 4.78 is 26.5. The van der Waals surface area contributed by atoms with Crippen molar-refractivity contribution < 1.29 is 8.78 Å². The second-order valence-corrected chi connectivity index (χ2v) is 3.77. The summed E-state index contributed by atoms with van der Waals surface area (Å²) >= 11 is 0. The van der Waals surface area contributed by atoms with Crippen LogP contribution in [0, 0.1) is 11.6 Å². The number of rotatable bonds is 1. The lowest BCUT2D eigenvalue weighted by atomic mass is 10.3. The first-order valence-electron chi connectivity index (χ1n) is 5.18. The Labute approximate surface area is 99.3 Å². The number of aromatic nitrogens is 3. The fourth-order valence-corrected chi connectivity index (χ4v) is 1.73. The molecule has 0 atom stereocenters. The van der Waals surface area contributed by atoms with Crippen molar-refractivity contribution in [3.05, 3.63) is 52.3 Å². The van der Waals surface area contributed by atoms with Crippen LogP contribution >= 0.6 is 0 Å². The molecule has 1 aromatic carbocycles. The molecule has 0 aliphatic rings. The Morgan fingerprint density at radius 1 is 1.06 bits per heavy atom. The Morgan fingerprint density at radius 2 is 1.89 bits per heavy atom. The molecule has 0 aliphatic heterocycles. The maximum Gasteiger partial charge on any atom is 0.248 e. The molecule has 6 heteroatoms. The van der Waals surface area contributed by atoms with Crippen molar-refractivity contribution in [1.82, 2.24) is 15.0 Å². The minimum Gasteiger partial charge on any atom is -0.337 e. The van der Waals surface area contributed by atoms with Gasteiger partial charge in [0.1, 0.15) is 5.52 Å². The zero-order valence-corrected chi connectivity index (χ0v) is 9.00. The Bertz CT molecular complexity index is 791. The highest BCUT2D eigenvalue weighted by molar-refractivity contribution is 5.79. The third-order valence-electron chi connectivity index (χ3n) is 2.57. The second kappa shape index (κ2) is 3.76. The normalized spacial score (nSPS) is 11.0. The van der Waals surface area contributed by atoms with Gasteiger partial charge in [-0.2, -0.15) is 0 Å². The van der Waals surface area contributed by atoms with Crippen molar-refractivity contribution in [2.45, 2.75) is 0 Å². The Morgan fingerprint density at radius 3 is 2.67 bits per heavy atom. The van der Waals surface area contributed by atoms with Gasteiger partial charge >= 0.3 is 0 Å². The number of nitrogens with one attached hydrogen (secondary N) is 2. The SMILES string of the molecule is O=c1cccc(-c2nc3c(F)c(F)ccc3[nH]2)[nH]1. The molecule has 2 N–H and O–H groups in total. The van der Waals surface area contributed by atoms with Crippen molar-refractivity contribution in [3.63, 3.8) is 0 Å². The fourth-order valence-electron chi connectivity index (χ4n) is 1.73. The maximum absolute atomic E-state index is 13.5. The summed E-state index contributed by atoms with van der Waals surface area (Å²) in [5, 5.41) is 0. The molecule has 0 fully saturated rings. The van der Waals surface area contributed by atoms with E-state index in [1.54, 1.807) is 12.1 Å². The predicted molar refractivity (Wildman–Crippen MR) is 62.1 cm³/mol. The van der Waals surface area contributed by atoms with Crippen LogP contribution in [0.1, 0.15) is 0 Å². The Balaban J connectivity index is 2.26. The number of hydrogen-bond acceptors (Lipinski definition) is 2. The number of fused-ring (bicyclic) bond motifs is 1. The van der Waals surface area contributed by atoms with Gasteiger partial charge in [0.2, 0.25) is 5.56 Å². The van der Waals surface area contributed by atoms with Crippen molar-refractivity contribution in [1.29, 1.82) is 0 Å². The van der Waals surface area contributed by atoms with Gasteiger partial charge in [-0.1, -0.05) is 6.07 Å². The summed E-state index contributed by atoms with van der Waals surface area (Å²) in [5.41, 5.74) is 0.404. The molecule has 2 heterocycles. The number of halogens is 2. The third kappa shape index (κ3) is 1.58. The first-order valence-corrected chi connectivity index (χ1v) is 5.18. The van der Waals surface area contributed by atoms with E-state index in [1.165, 1.54) is 12.1 Å². The molecule has 0 unspecified atom stereocenters. The molecule has 90 valence electrons. The molecular weight excluding hydrogens is 240 g/mol. The number of nitrogens with zero attached hydrogens (tertiary/aromatic N) is 1. The van der Waals surface area contributed by atoms with Gasteiger partial charge in [-0.05, 0) is 18.2 Å². The summed E-state index contributed by atoms with van der Waals surface area (Å²) in [7, 11) is 0. The van der Waals surface area contributed by atoms with Crippen LogP contribution in [0.4, 0.5) is 8.78 Å². The highest BCUT2D eigenvalue weighted by Crippen LogP contribution is 2.21. The van der Waals surface area contributed by atoms with Crippen LogP contribution in [0.5, 0.6) is 0 Å². The van der Waals surface area contributed by atoms with E-state index in [0.717, 1.165) is 6.07 Å². The van der Waals surface area contributed by atoms with E-state index in [-0.39, 0.29) is 16.9 Å². The molecule has 0 aliphatic carbocycles. The standard InChI is InChI=1S/C12H7F2N3O/c13-6-4-5-7-11(10(6)14)17-12(16-7)8-2-1-3-9(18)15-8/h1-5H,(H,15,18)(H,16,17). The molecule has 4 nitrogen and oxygen atoms in total. The van der Waals surface area contributed by atoms with E-state index in [4.69, 9.17) is 0 Å². The lowest BCUT2D eigenvalue weighted by Gasteiger charge is -1.93. The lowest BCUT2D eigenvalue weighted by Crippen LogP contribution is -2.03. The molecule has 0 bridgehead atoms. The van der Waals surface area contributed by atoms with Crippen molar-refractivity contribution in [3.8, 4) is 11.5 Å². The van der Waals surface area contributed by atoms with Crippen molar-refractivity contribution in [2.24, 2.45) is 0 Å². The largest absolute Gasteiger partial charge is 0.337 e. The van der Waals surface area contributed by atoms with Gasteiger partial charge in [0.25, 0.3) is 0 Å². The van der Waals surface area contributed by atoms with E-state index >= 15 is 0 Å². The molecule has 2 aromatic heterocycles. The minimum absolute atomic E-state index is 0.0882. The number of H-pyrrole nitrogens is 2. The summed E-state index contributed by atoms with van der Waals surface area (Å²) in [5.74, 6) is -1.68. The maximum atomic E-state index is 13.5. The number of pyridine rings is 1. The van der Waals surface area contributed by atoms with E-state index < -0.39 is 11.6 Å². The second-order valence-electron chi connectivity index (χ2n) is 3.77. The number of aromatic amines is 2. The average Bonchev–Trinajstić information content (AvgIpc) is 2.79. The lowest BCUT2D eigenvalue weighted by molar-refractivity contribution is 0.515. The van der Waals surface area contributed by atoms with Crippen LogP contribution in [-0.4, -0.2) is 15.0 Å². The van der Waals surface area contributed by atoms with Crippen molar-refractivity contribution in [2.75, 3.05) is 0 Å². The predicted octanol–water partition coefficient (Wildman–Crippen LogP) is 2.20. The van der Waals surface area contributed by atoms with Gasteiger partial charge in [0.15, 0.2) is 17.5 Å². The van der Waals surface area contributed by atoms with Crippen molar-refractivity contribution >= 4 is 11.0 Å². The fraction of sp³-hybridized carbons (Fsp3) is 0. The molecule has 0 amide bonds. The topological polar surface area (TPSA) is 61.5 Å². The third-order valence-corrected chi connectivity index (χ3v) is 2.57.